The Kier molecular flexibility index (Phi) is 5.31. The number of carbonyl (C=O) groups is 1. The summed E-state index contributed by atoms with van der Waals surface area (Å²) >= 11 is 12.0. The number of aromatic nitrogens is 2. The van der Waals surface area contributed by atoms with Gasteiger partial charge in [-0.3, -0.25) is 4.79 Å². The topological polar surface area (TPSA) is 59.0 Å². The number of halogens is 2. The van der Waals surface area contributed by atoms with Crippen molar-refractivity contribution in [1.82, 2.24) is 14.9 Å². The highest BCUT2D eigenvalue weighted by Crippen LogP contribution is 2.25. The molecule has 0 aromatic carbocycles. The fourth-order valence-corrected chi connectivity index (χ4v) is 2.22. The Balaban J connectivity index is 1.98. The number of terminal acetylenes is 1. The first-order valence-corrected chi connectivity index (χ1v) is 7.19. The van der Waals surface area contributed by atoms with Crippen LogP contribution in [-0.2, 0) is 13.6 Å². The Morgan fingerprint density at radius 3 is 2.77 bits per heavy atom. The summed E-state index contributed by atoms with van der Waals surface area (Å²) < 4.78 is 1.79. The van der Waals surface area contributed by atoms with Gasteiger partial charge in [-0.05, 0) is 18.2 Å². The third-order valence-corrected chi connectivity index (χ3v) is 3.89. The number of hydrogen-bond acceptors (Lipinski definition) is 3. The minimum atomic E-state index is -0.252. The Morgan fingerprint density at radius 1 is 1.45 bits per heavy atom. The van der Waals surface area contributed by atoms with Crippen LogP contribution in [0.1, 0.15) is 16.1 Å². The summed E-state index contributed by atoms with van der Waals surface area (Å²) in [6.45, 7) is 0.701. The zero-order chi connectivity index (χ0) is 16.1. The Bertz CT molecular complexity index is 716. The second-order valence-corrected chi connectivity index (χ2v) is 5.27. The van der Waals surface area contributed by atoms with Gasteiger partial charge in [0.1, 0.15) is 11.0 Å². The molecule has 0 radical (unpaired) electrons. The van der Waals surface area contributed by atoms with E-state index in [4.69, 9.17) is 29.6 Å². The quantitative estimate of drug-likeness (QED) is 0.825. The van der Waals surface area contributed by atoms with E-state index in [-0.39, 0.29) is 12.5 Å². The zero-order valence-corrected chi connectivity index (χ0v) is 13.4. The molecule has 2 aromatic rings. The standard InChI is InChI=1S/C15H14Cl2N4O/c1-3-6-18-15(22)10-4-5-13(19-8-10)20-9-11-7-12(16)14(17)21(11)2/h1,4-5,7-8H,6,9H2,2H3,(H,18,22)(H,19,20). The van der Waals surface area contributed by atoms with Crippen LogP contribution in [0, 0.1) is 12.3 Å². The van der Waals surface area contributed by atoms with Gasteiger partial charge in [0.2, 0.25) is 0 Å². The number of pyridine rings is 1. The van der Waals surface area contributed by atoms with Gasteiger partial charge >= 0.3 is 0 Å². The largest absolute Gasteiger partial charge is 0.364 e. The van der Waals surface area contributed by atoms with E-state index in [9.17, 15) is 4.79 Å². The second-order valence-electron chi connectivity index (χ2n) is 4.51. The van der Waals surface area contributed by atoms with Crippen molar-refractivity contribution in [3.63, 3.8) is 0 Å². The molecule has 0 aliphatic rings. The maximum atomic E-state index is 11.7. The minimum absolute atomic E-state index is 0.188. The van der Waals surface area contributed by atoms with Crippen LogP contribution in [0.5, 0.6) is 0 Å². The summed E-state index contributed by atoms with van der Waals surface area (Å²) in [5.41, 5.74) is 1.37. The van der Waals surface area contributed by atoms with Crippen LogP contribution in [-0.4, -0.2) is 22.0 Å². The SMILES string of the molecule is C#CCNC(=O)c1ccc(NCc2cc(Cl)c(Cl)n2C)nc1. The first-order chi connectivity index (χ1) is 10.5. The van der Waals surface area contributed by atoms with Crippen molar-refractivity contribution in [3.8, 4) is 12.3 Å². The number of hydrogen-bond donors (Lipinski definition) is 2. The monoisotopic (exact) mass is 336 g/mol. The van der Waals surface area contributed by atoms with E-state index in [1.807, 2.05) is 7.05 Å². The lowest BCUT2D eigenvalue weighted by Gasteiger charge is -2.08. The van der Waals surface area contributed by atoms with Crippen LogP contribution >= 0.6 is 23.2 Å². The first kappa shape index (κ1) is 16.2. The van der Waals surface area contributed by atoms with Crippen molar-refractivity contribution in [3.05, 3.63) is 45.8 Å². The van der Waals surface area contributed by atoms with Crippen molar-refractivity contribution in [2.45, 2.75) is 6.54 Å². The summed E-state index contributed by atoms with van der Waals surface area (Å²) in [4.78, 5) is 15.9. The lowest BCUT2D eigenvalue weighted by Crippen LogP contribution is -2.23. The molecule has 0 unspecified atom stereocenters. The maximum Gasteiger partial charge on any atom is 0.253 e. The Labute approximate surface area is 138 Å². The molecule has 0 aliphatic heterocycles. The zero-order valence-electron chi connectivity index (χ0n) is 11.9. The van der Waals surface area contributed by atoms with E-state index >= 15 is 0 Å². The molecule has 0 saturated heterocycles. The number of anilines is 1. The molecule has 7 heteroatoms. The van der Waals surface area contributed by atoms with Gasteiger partial charge in [0.15, 0.2) is 0 Å². The van der Waals surface area contributed by atoms with Crippen molar-refractivity contribution < 1.29 is 4.79 Å². The van der Waals surface area contributed by atoms with Crippen LogP contribution in [0.15, 0.2) is 24.4 Å². The lowest BCUT2D eigenvalue weighted by molar-refractivity contribution is 0.0958. The van der Waals surface area contributed by atoms with E-state index in [0.29, 0.717) is 28.1 Å². The minimum Gasteiger partial charge on any atom is -0.364 e. The van der Waals surface area contributed by atoms with Gasteiger partial charge in [-0.25, -0.2) is 4.98 Å². The molecule has 0 aliphatic carbocycles. The van der Waals surface area contributed by atoms with Gasteiger partial charge in [0.05, 0.1) is 23.7 Å². The van der Waals surface area contributed by atoms with Crippen LogP contribution in [0.25, 0.3) is 0 Å². The summed E-state index contributed by atoms with van der Waals surface area (Å²) in [5.74, 6) is 2.73. The van der Waals surface area contributed by atoms with Crippen molar-refractivity contribution in [1.29, 1.82) is 0 Å². The highest BCUT2D eigenvalue weighted by molar-refractivity contribution is 6.41. The molecule has 1 amide bonds. The molecule has 114 valence electrons. The summed E-state index contributed by atoms with van der Waals surface area (Å²) in [6, 6.07) is 5.18. The summed E-state index contributed by atoms with van der Waals surface area (Å²) in [7, 11) is 1.83. The van der Waals surface area contributed by atoms with Crippen molar-refractivity contribution >= 4 is 34.9 Å². The molecular weight excluding hydrogens is 323 g/mol. The molecule has 2 N–H and O–H groups in total. The Morgan fingerprint density at radius 2 is 2.23 bits per heavy atom. The fourth-order valence-electron chi connectivity index (χ4n) is 1.81. The fraction of sp³-hybridized carbons (Fsp3) is 0.200. The molecule has 0 bridgehead atoms. The van der Waals surface area contributed by atoms with Crippen LogP contribution in [0.2, 0.25) is 10.2 Å². The van der Waals surface area contributed by atoms with Crippen LogP contribution in [0.4, 0.5) is 5.82 Å². The van der Waals surface area contributed by atoms with Gasteiger partial charge < -0.3 is 15.2 Å². The number of amides is 1. The smallest absolute Gasteiger partial charge is 0.253 e. The van der Waals surface area contributed by atoms with Crippen molar-refractivity contribution in [2.24, 2.45) is 7.05 Å². The van der Waals surface area contributed by atoms with Gasteiger partial charge in [0, 0.05) is 18.9 Å². The number of nitrogens with one attached hydrogen (secondary N) is 2. The molecule has 22 heavy (non-hydrogen) atoms. The second kappa shape index (κ2) is 7.21. The third kappa shape index (κ3) is 3.73. The predicted octanol–water partition coefficient (Wildman–Crippen LogP) is 2.70. The lowest BCUT2D eigenvalue weighted by atomic mass is 10.2. The van der Waals surface area contributed by atoms with Gasteiger partial charge in [-0.15, -0.1) is 6.42 Å². The van der Waals surface area contributed by atoms with E-state index < -0.39 is 0 Å². The Hall–Kier alpha value is -2.16. The van der Waals surface area contributed by atoms with Crippen LogP contribution in [0.3, 0.4) is 0 Å². The van der Waals surface area contributed by atoms with E-state index in [1.54, 1.807) is 22.8 Å². The molecule has 5 nitrogen and oxygen atoms in total. The van der Waals surface area contributed by atoms with Crippen LogP contribution < -0.4 is 10.6 Å². The number of rotatable bonds is 5. The van der Waals surface area contributed by atoms with Gasteiger partial charge in [-0.2, -0.15) is 0 Å². The van der Waals surface area contributed by atoms with E-state index in [2.05, 4.69) is 21.5 Å². The molecule has 0 spiro atoms. The molecule has 0 fully saturated rings. The van der Waals surface area contributed by atoms with Gasteiger partial charge in [0.25, 0.3) is 5.91 Å². The average molecular weight is 337 g/mol. The third-order valence-electron chi connectivity index (χ3n) is 3.04. The number of carbonyl (C=O) groups excluding carboxylic acids is 1. The summed E-state index contributed by atoms with van der Waals surface area (Å²) in [5, 5.41) is 6.71. The van der Waals surface area contributed by atoms with E-state index in [0.717, 1.165) is 5.69 Å². The predicted molar refractivity (Wildman–Crippen MR) is 88.2 cm³/mol. The van der Waals surface area contributed by atoms with E-state index in [1.165, 1.54) is 6.20 Å². The first-order valence-electron chi connectivity index (χ1n) is 6.44. The highest BCUT2D eigenvalue weighted by atomic mass is 35.5. The molecule has 0 saturated carbocycles. The molecule has 0 atom stereocenters. The maximum absolute atomic E-state index is 11.7. The molecular formula is C15H14Cl2N4O. The molecule has 2 aromatic heterocycles. The average Bonchev–Trinajstić information content (AvgIpc) is 2.78. The highest BCUT2D eigenvalue weighted by Gasteiger charge is 2.09. The normalized spacial score (nSPS) is 10.1. The molecule has 2 heterocycles. The molecule has 2 rings (SSSR count). The van der Waals surface area contributed by atoms with Crippen molar-refractivity contribution in [2.75, 3.05) is 11.9 Å². The van der Waals surface area contributed by atoms with Gasteiger partial charge in [-0.1, -0.05) is 29.1 Å². The number of nitrogens with zero attached hydrogens (tertiary/aromatic N) is 2. The summed E-state index contributed by atoms with van der Waals surface area (Å²) in [6.07, 6.45) is 6.57.